The molecule has 2 N–H and O–H groups in total. The van der Waals surface area contributed by atoms with Crippen LogP contribution in [0.5, 0.6) is 0 Å². The zero-order valence-electron chi connectivity index (χ0n) is 11.5. The Bertz CT molecular complexity index is 817. The topological polar surface area (TPSA) is 66.9 Å². The molecule has 0 aliphatic carbocycles. The Balaban J connectivity index is 2.22. The molecule has 3 rings (SSSR count). The van der Waals surface area contributed by atoms with Gasteiger partial charge in [0.2, 0.25) is 0 Å². The Morgan fingerprint density at radius 1 is 1.27 bits per heavy atom. The van der Waals surface area contributed by atoms with Crippen LogP contribution < -0.4 is 16.6 Å². The van der Waals surface area contributed by atoms with Gasteiger partial charge in [0.15, 0.2) is 0 Å². The molecule has 22 heavy (non-hydrogen) atoms. The fourth-order valence-electron chi connectivity index (χ4n) is 2.83. The second-order valence-corrected chi connectivity index (χ2v) is 5.43. The number of nitrogens with one attached hydrogen (secondary N) is 2. The predicted molar refractivity (Wildman–Crippen MR) is 74.8 cm³/mol. The summed E-state index contributed by atoms with van der Waals surface area (Å²) in [6.45, 7) is 1.53. The van der Waals surface area contributed by atoms with Gasteiger partial charge in [-0.05, 0) is 37.6 Å². The van der Waals surface area contributed by atoms with Crippen LogP contribution in [0.3, 0.4) is 0 Å². The summed E-state index contributed by atoms with van der Waals surface area (Å²) in [6.07, 6.45) is -3.87. The number of nitrogens with zero attached hydrogens (tertiary/aromatic N) is 1. The van der Waals surface area contributed by atoms with Crippen LogP contribution in [0.25, 0.3) is 10.9 Å². The lowest BCUT2D eigenvalue weighted by atomic mass is 10.1. The maximum Gasteiger partial charge on any atom is 0.417 e. The van der Waals surface area contributed by atoms with Gasteiger partial charge in [0.1, 0.15) is 0 Å². The van der Waals surface area contributed by atoms with Crippen molar-refractivity contribution in [2.45, 2.75) is 19.1 Å². The number of hydrogen-bond donors (Lipinski definition) is 2. The molecule has 0 amide bonds. The second-order valence-electron chi connectivity index (χ2n) is 5.43. The molecule has 1 aliphatic rings. The van der Waals surface area contributed by atoms with E-state index in [0.717, 1.165) is 23.6 Å². The number of alkyl halides is 3. The molecule has 1 aromatic heterocycles. The molecule has 0 radical (unpaired) electrons. The summed E-state index contributed by atoms with van der Waals surface area (Å²) in [5.74, 6) is 0.0642. The van der Waals surface area contributed by atoms with Gasteiger partial charge >= 0.3 is 11.9 Å². The number of benzene rings is 1. The molecule has 1 atom stereocenters. The standard InChI is InChI=1S/C14H14F3N3O2/c15-14(16,17)9-2-1-3-10-11(9)12(21)20(13(22)19-10)7-8-4-5-18-6-8/h1-3,8,18H,4-7H2,(H,19,22). The average Bonchev–Trinajstić information content (AvgIpc) is 2.94. The first-order valence-corrected chi connectivity index (χ1v) is 6.91. The number of aromatic nitrogens is 2. The Labute approximate surface area is 122 Å². The van der Waals surface area contributed by atoms with Crippen molar-refractivity contribution in [1.29, 1.82) is 0 Å². The van der Waals surface area contributed by atoms with E-state index < -0.39 is 28.4 Å². The third kappa shape index (κ3) is 2.54. The van der Waals surface area contributed by atoms with Gasteiger partial charge in [0.25, 0.3) is 5.56 Å². The van der Waals surface area contributed by atoms with E-state index in [1.807, 2.05) is 0 Å². The van der Waals surface area contributed by atoms with E-state index in [9.17, 15) is 22.8 Å². The molecule has 2 heterocycles. The normalized spacial score (nSPS) is 19.0. The van der Waals surface area contributed by atoms with Crippen molar-refractivity contribution in [3.8, 4) is 0 Å². The quantitative estimate of drug-likeness (QED) is 0.879. The summed E-state index contributed by atoms with van der Waals surface area (Å²) >= 11 is 0. The molecule has 0 spiro atoms. The van der Waals surface area contributed by atoms with E-state index >= 15 is 0 Å². The fourth-order valence-corrected chi connectivity index (χ4v) is 2.83. The monoisotopic (exact) mass is 313 g/mol. The number of hydrogen-bond acceptors (Lipinski definition) is 3. The van der Waals surface area contributed by atoms with Crippen LogP contribution in [-0.2, 0) is 12.7 Å². The molecular formula is C14H14F3N3O2. The predicted octanol–water partition coefficient (Wildman–Crippen LogP) is 1.32. The number of rotatable bonds is 2. The average molecular weight is 313 g/mol. The minimum atomic E-state index is -4.65. The van der Waals surface area contributed by atoms with Crippen LogP contribution in [0.1, 0.15) is 12.0 Å². The molecule has 0 bridgehead atoms. The smallest absolute Gasteiger partial charge is 0.316 e. The third-order valence-electron chi connectivity index (χ3n) is 3.92. The molecule has 118 valence electrons. The fraction of sp³-hybridized carbons (Fsp3) is 0.429. The van der Waals surface area contributed by atoms with Crippen molar-refractivity contribution < 1.29 is 13.2 Å². The molecule has 1 aliphatic heterocycles. The third-order valence-corrected chi connectivity index (χ3v) is 3.92. The van der Waals surface area contributed by atoms with E-state index in [2.05, 4.69) is 10.3 Å². The van der Waals surface area contributed by atoms with Crippen molar-refractivity contribution in [3.05, 3.63) is 44.6 Å². The van der Waals surface area contributed by atoms with Crippen molar-refractivity contribution in [2.75, 3.05) is 13.1 Å². The highest BCUT2D eigenvalue weighted by atomic mass is 19.4. The highest BCUT2D eigenvalue weighted by molar-refractivity contribution is 5.81. The van der Waals surface area contributed by atoms with Gasteiger partial charge < -0.3 is 10.3 Å². The van der Waals surface area contributed by atoms with E-state index in [0.29, 0.717) is 6.54 Å². The van der Waals surface area contributed by atoms with Gasteiger partial charge in [0.05, 0.1) is 16.5 Å². The van der Waals surface area contributed by atoms with E-state index in [-0.39, 0.29) is 18.0 Å². The molecule has 1 saturated heterocycles. The molecular weight excluding hydrogens is 299 g/mol. The van der Waals surface area contributed by atoms with Crippen molar-refractivity contribution in [3.63, 3.8) is 0 Å². The summed E-state index contributed by atoms with van der Waals surface area (Å²) in [6, 6.07) is 3.32. The lowest BCUT2D eigenvalue weighted by Crippen LogP contribution is -2.38. The minimum absolute atomic E-state index is 0.0642. The Kier molecular flexibility index (Phi) is 3.56. The summed E-state index contributed by atoms with van der Waals surface area (Å²) in [4.78, 5) is 26.8. The summed E-state index contributed by atoms with van der Waals surface area (Å²) in [5, 5.41) is 2.61. The SMILES string of the molecule is O=c1[nH]c2cccc(C(F)(F)F)c2c(=O)n1CC1CCNC1. The Morgan fingerprint density at radius 3 is 2.68 bits per heavy atom. The summed E-state index contributed by atoms with van der Waals surface area (Å²) in [5.41, 5.74) is -2.68. The largest absolute Gasteiger partial charge is 0.417 e. The zero-order valence-corrected chi connectivity index (χ0v) is 11.5. The molecule has 1 unspecified atom stereocenters. The molecule has 1 fully saturated rings. The van der Waals surface area contributed by atoms with Gasteiger partial charge in [-0.25, -0.2) is 4.79 Å². The number of H-pyrrole nitrogens is 1. The molecule has 1 aromatic carbocycles. The highest BCUT2D eigenvalue weighted by Crippen LogP contribution is 2.32. The first-order chi connectivity index (χ1) is 10.4. The van der Waals surface area contributed by atoms with Crippen LogP contribution in [0.4, 0.5) is 13.2 Å². The van der Waals surface area contributed by atoms with Gasteiger partial charge in [-0.3, -0.25) is 9.36 Å². The first-order valence-electron chi connectivity index (χ1n) is 6.91. The lowest BCUT2D eigenvalue weighted by molar-refractivity contribution is -0.136. The maximum absolute atomic E-state index is 13.1. The van der Waals surface area contributed by atoms with Crippen LogP contribution in [-0.4, -0.2) is 22.6 Å². The van der Waals surface area contributed by atoms with Crippen LogP contribution in [0, 0.1) is 5.92 Å². The minimum Gasteiger partial charge on any atom is -0.316 e. The van der Waals surface area contributed by atoms with Gasteiger partial charge in [-0.1, -0.05) is 6.07 Å². The summed E-state index contributed by atoms with van der Waals surface area (Å²) in [7, 11) is 0. The highest BCUT2D eigenvalue weighted by Gasteiger charge is 2.34. The summed E-state index contributed by atoms with van der Waals surface area (Å²) < 4.78 is 40.1. The van der Waals surface area contributed by atoms with Crippen LogP contribution >= 0.6 is 0 Å². The Morgan fingerprint density at radius 2 is 2.05 bits per heavy atom. The number of aromatic amines is 1. The van der Waals surface area contributed by atoms with Crippen LogP contribution in [0.15, 0.2) is 27.8 Å². The Hall–Kier alpha value is -2.09. The maximum atomic E-state index is 13.1. The van der Waals surface area contributed by atoms with Crippen molar-refractivity contribution in [2.24, 2.45) is 5.92 Å². The van der Waals surface area contributed by atoms with E-state index in [1.54, 1.807) is 0 Å². The number of halogens is 3. The van der Waals surface area contributed by atoms with Crippen molar-refractivity contribution in [1.82, 2.24) is 14.9 Å². The lowest BCUT2D eigenvalue weighted by Gasteiger charge is -2.13. The first kappa shape index (κ1) is 14.8. The van der Waals surface area contributed by atoms with Gasteiger partial charge in [-0.15, -0.1) is 0 Å². The van der Waals surface area contributed by atoms with Crippen LogP contribution in [0.2, 0.25) is 0 Å². The zero-order chi connectivity index (χ0) is 15.9. The molecule has 2 aromatic rings. The van der Waals surface area contributed by atoms with E-state index in [1.165, 1.54) is 12.1 Å². The van der Waals surface area contributed by atoms with E-state index in [4.69, 9.17) is 0 Å². The van der Waals surface area contributed by atoms with Gasteiger partial charge in [-0.2, -0.15) is 13.2 Å². The second kappa shape index (κ2) is 5.28. The van der Waals surface area contributed by atoms with Gasteiger partial charge in [0, 0.05) is 6.54 Å². The molecule has 0 saturated carbocycles. The number of fused-ring (bicyclic) bond motifs is 1. The molecule has 8 heteroatoms. The van der Waals surface area contributed by atoms with Crippen molar-refractivity contribution >= 4 is 10.9 Å². The molecule has 5 nitrogen and oxygen atoms in total.